The van der Waals surface area contributed by atoms with Crippen LogP contribution >= 0.6 is 0 Å². The predicted molar refractivity (Wildman–Crippen MR) is 138 cm³/mol. The Morgan fingerprint density at radius 3 is 2.45 bits per heavy atom. The van der Waals surface area contributed by atoms with E-state index in [4.69, 9.17) is 9.72 Å². The van der Waals surface area contributed by atoms with E-state index in [2.05, 4.69) is 25.1 Å². The van der Waals surface area contributed by atoms with E-state index >= 15 is 4.39 Å². The summed E-state index contributed by atoms with van der Waals surface area (Å²) >= 11 is 0. The van der Waals surface area contributed by atoms with Gasteiger partial charge in [0.2, 0.25) is 0 Å². The van der Waals surface area contributed by atoms with Crippen molar-refractivity contribution in [2.45, 2.75) is 62.3 Å². The van der Waals surface area contributed by atoms with Crippen molar-refractivity contribution in [3.05, 3.63) is 41.6 Å². The maximum absolute atomic E-state index is 16.2. The first-order chi connectivity index (χ1) is 19.2. The fraction of sp³-hybridized carbons (Fsp3) is 0.536. The number of ether oxygens (including phenoxy) is 1. The largest absolute Gasteiger partial charge is 0.461 e. The van der Waals surface area contributed by atoms with E-state index in [0.717, 1.165) is 63.7 Å². The lowest BCUT2D eigenvalue weighted by molar-refractivity contribution is -0.139. The molecule has 4 fully saturated rings. The Kier molecular flexibility index (Phi) is 6.12. The number of hydrogen-bond donors (Lipinski definition) is 1. The molecule has 4 aliphatic heterocycles. The Morgan fingerprint density at radius 2 is 1.75 bits per heavy atom. The number of rotatable bonds is 5. The number of hydrogen-bond acceptors (Lipinski definition) is 7. The van der Waals surface area contributed by atoms with Crippen LogP contribution < -0.4 is 15.0 Å². The van der Waals surface area contributed by atoms with Gasteiger partial charge in [0.15, 0.2) is 5.82 Å². The molecule has 6 heterocycles. The van der Waals surface area contributed by atoms with Crippen LogP contribution in [-0.4, -0.2) is 70.3 Å². The molecule has 4 saturated heterocycles. The summed E-state index contributed by atoms with van der Waals surface area (Å²) < 4.78 is 78.1. The topological polar surface area (TPSA) is 66.4 Å². The number of piperazine rings is 1. The number of halogens is 5. The third-order valence-corrected chi connectivity index (χ3v) is 8.99. The maximum atomic E-state index is 16.2. The number of alkyl halides is 3. The summed E-state index contributed by atoms with van der Waals surface area (Å²) in [6.45, 7) is 3.66. The number of benzene rings is 1. The van der Waals surface area contributed by atoms with Gasteiger partial charge in [0, 0.05) is 36.9 Å². The van der Waals surface area contributed by atoms with Crippen LogP contribution in [0.15, 0.2) is 24.4 Å². The number of fused-ring (bicyclic) bond motifs is 4. The lowest BCUT2D eigenvalue weighted by atomic mass is 9.95. The molecule has 2 atom stereocenters. The summed E-state index contributed by atoms with van der Waals surface area (Å²) in [7, 11) is 0. The third-order valence-electron chi connectivity index (χ3n) is 8.99. The summed E-state index contributed by atoms with van der Waals surface area (Å²) in [6, 6.07) is 3.33. The van der Waals surface area contributed by atoms with Crippen LogP contribution in [0.4, 0.5) is 27.8 Å². The molecule has 0 saturated carbocycles. The summed E-state index contributed by atoms with van der Waals surface area (Å²) in [5.41, 5.74) is -3.15. The average molecular weight is 561 g/mol. The molecule has 2 aromatic heterocycles. The molecule has 4 aliphatic rings. The van der Waals surface area contributed by atoms with Crippen molar-refractivity contribution >= 4 is 16.7 Å². The quantitative estimate of drug-likeness (QED) is 0.444. The van der Waals surface area contributed by atoms with Gasteiger partial charge in [-0.15, -0.1) is 0 Å². The zero-order valence-corrected chi connectivity index (χ0v) is 21.8. The minimum Gasteiger partial charge on any atom is -0.461 e. The zero-order valence-electron chi connectivity index (χ0n) is 21.8. The number of nitrogens with one attached hydrogen (secondary N) is 1. The molecule has 0 amide bonds. The molecule has 1 aromatic carbocycles. The Balaban J connectivity index is 1.34. The molecule has 3 aromatic rings. The fourth-order valence-electron chi connectivity index (χ4n) is 7.15. The van der Waals surface area contributed by atoms with Gasteiger partial charge in [-0.1, -0.05) is 12.1 Å². The van der Waals surface area contributed by atoms with E-state index in [1.807, 2.05) is 0 Å². The summed E-state index contributed by atoms with van der Waals surface area (Å²) in [5.74, 6) is -2.12. The van der Waals surface area contributed by atoms with Gasteiger partial charge in [0.25, 0.3) is 0 Å². The summed E-state index contributed by atoms with van der Waals surface area (Å²) in [5, 5.41) is 3.83. The van der Waals surface area contributed by atoms with E-state index < -0.39 is 34.6 Å². The minimum absolute atomic E-state index is 0.0205. The molecule has 0 spiro atoms. The highest BCUT2D eigenvalue weighted by Crippen LogP contribution is 2.42. The van der Waals surface area contributed by atoms with Crippen LogP contribution in [0.1, 0.15) is 44.1 Å². The second-order valence-corrected chi connectivity index (χ2v) is 11.4. The van der Waals surface area contributed by atoms with Crippen molar-refractivity contribution in [3.63, 3.8) is 0 Å². The second-order valence-electron chi connectivity index (χ2n) is 11.4. The van der Waals surface area contributed by atoms with Crippen LogP contribution in [0.5, 0.6) is 6.01 Å². The van der Waals surface area contributed by atoms with E-state index in [-0.39, 0.29) is 34.5 Å². The Morgan fingerprint density at radius 1 is 1.02 bits per heavy atom. The summed E-state index contributed by atoms with van der Waals surface area (Å²) in [6.07, 6.45) is 2.43. The van der Waals surface area contributed by atoms with Crippen LogP contribution in [0.3, 0.4) is 0 Å². The molecule has 1 N–H and O–H groups in total. The van der Waals surface area contributed by atoms with E-state index in [0.29, 0.717) is 31.6 Å². The molecule has 7 rings (SSSR count). The number of anilines is 1. The van der Waals surface area contributed by atoms with Gasteiger partial charge < -0.3 is 15.0 Å². The van der Waals surface area contributed by atoms with Gasteiger partial charge in [-0.25, -0.2) is 8.78 Å². The van der Waals surface area contributed by atoms with Crippen LogP contribution in [0.2, 0.25) is 0 Å². The first-order valence-corrected chi connectivity index (χ1v) is 13.8. The SMILES string of the molecule is Fc1cccc(-c2ncc3c(N4C[C@H]5CC[C@@H](C4)N5)nc(OCC45CCCN4CCC5)nc3c2F)c1C(F)(F)F. The van der Waals surface area contributed by atoms with Crippen LogP contribution in [-0.2, 0) is 6.18 Å². The number of pyridine rings is 1. The normalized spacial score (nSPS) is 24.2. The highest BCUT2D eigenvalue weighted by atomic mass is 19.4. The molecule has 2 bridgehead atoms. The van der Waals surface area contributed by atoms with E-state index in [1.165, 1.54) is 6.20 Å². The highest BCUT2D eigenvalue weighted by Gasteiger charge is 2.45. The van der Waals surface area contributed by atoms with Crippen molar-refractivity contribution in [1.29, 1.82) is 0 Å². The molecule has 7 nitrogen and oxygen atoms in total. The Labute approximate surface area is 227 Å². The van der Waals surface area contributed by atoms with Gasteiger partial charge in [-0.05, 0) is 57.7 Å². The summed E-state index contributed by atoms with van der Waals surface area (Å²) in [4.78, 5) is 17.6. The van der Waals surface area contributed by atoms with Crippen molar-refractivity contribution in [3.8, 4) is 17.3 Å². The van der Waals surface area contributed by atoms with Gasteiger partial charge >= 0.3 is 12.2 Å². The minimum atomic E-state index is -5.04. The highest BCUT2D eigenvalue weighted by molar-refractivity contribution is 5.92. The first kappa shape index (κ1) is 25.8. The maximum Gasteiger partial charge on any atom is 0.419 e. The molecule has 0 unspecified atom stereocenters. The van der Waals surface area contributed by atoms with Gasteiger partial charge in [0.05, 0.1) is 10.9 Å². The van der Waals surface area contributed by atoms with Crippen molar-refractivity contribution in [2.24, 2.45) is 0 Å². The van der Waals surface area contributed by atoms with Crippen LogP contribution in [0.25, 0.3) is 22.2 Å². The van der Waals surface area contributed by atoms with Gasteiger partial charge in [-0.3, -0.25) is 9.88 Å². The molecular weight excluding hydrogens is 531 g/mol. The Hall–Kier alpha value is -3.12. The van der Waals surface area contributed by atoms with E-state index in [1.54, 1.807) is 0 Å². The standard InChI is InChI=1S/C28H29F5N6O/c29-20-5-1-4-18(21(20)28(31,32)33)23-22(30)24-19(12-34-23)25(38-13-16-6-7-17(14-38)35-16)37-26(36-24)40-15-27-8-2-10-39(27)11-3-9-27/h1,4-5,12,16-17,35H,2-3,6-11,13-15H2/t16-,17+. The third kappa shape index (κ3) is 4.27. The molecule has 40 heavy (non-hydrogen) atoms. The smallest absolute Gasteiger partial charge is 0.419 e. The van der Waals surface area contributed by atoms with Crippen molar-refractivity contribution in [1.82, 2.24) is 25.2 Å². The van der Waals surface area contributed by atoms with E-state index in [9.17, 15) is 17.6 Å². The molecule has 0 aliphatic carbocycles. The molecule has 12 heteroatoms. The molecule has 212 valence electrons. The van der Waals surface area contributed by atoms with Crippen LogP contribution in [0, 0.1) is 11.6 Å². The zero-order chi connectivity index (χ0) is 27.6. The Bertz CT molecular complexity index is 1440. The monoisotopic (exact) mass is 560 g/mol. The number of aromatic nitrogens is 3. The van der Waals surface area contributed by atoms with Gasteiger partial charge in [-0.2, -0.15) is 23.1 Å². The van der Waals surface area contributed by atoms with Gasteiger partial charge in [0.1, 0.15) is 35.0 Å². The lowest BCUT2D eigenvalue weighted by Gasteiger charge is -2.34. The first-order valence-electron chi connectivity index (χ1n) is 13.8. The van der Waals surface area contributed by atoms with Crippen molar-refractivity contribution in [2.75, 3.05) is 37.7 Å². The lowest BCUT2D eigenvalue weighted by Crippen LogP contribution is -2.51. The fourth-order valence-corrected chi connectivity index (χ4v) is 7.15. The van der Waals surface area contributed by atoms with Crippen molar-refractivity contribution < 1.29 is 26.7 Å². The number of nitrogens with zero attached hydrogens (tertiary/aromatic N) is 5. The average Bonchev–Trinajstić information content (AvgIpc) is 3.60. The predicted octanol–water partition coefficient (Wildman–Crippen LogP) is 4.94. The molecular formula is C28H29F5N6O. The second kappa shape index (κ2) is 9.47. The molecule has 0 radical (unpaired) electrons.